The number of hydrogen-bond donors (Lipinski definition) is 1. The Bertz CT molecular complexity index is 1350. The van der Waals surface area contributed by atoms with Crippen molar-refractivity contribution in [1.29, 1.82) is 0 Å². The normalized spacial score (nSPS) is 15.1. The second-order valence-corrected chi connectivity index (χ2v) is 10.4. The highest BCUT2D eigenvalue weighted by molar-refractivity contribution is 8.26. The van der Waals surface area contributed by atoms with Crippen LogP contribution in [-0.4, -0.2) is 34.8 Å². The highest BCUT2D eigenvalue weighted by atomic mass is 32.2. The molecule has 0 radical (unpaired) electrons. The predicted molar refractivity (Wildman–Crippen MR) is 153 cm³/mol. The molecular formula is C29H28N2O4S2. The number of ether oxygens (including phenoxy) is 2. The number of nitrogens with one attached hydrogen (secondary N) is 1. The van der Waals surface area contributed by atoms with Gasteiger partial charge in [-0.25, -0.2) is 0 Å². The number of carbonyl (C=O) groups excluding carboxylic acids is 2. The van der Waals surface area contributed by atoms with E-state index in [1.54, 1.807) is 23.1 Å². The van der Waals surface area contributed by atoms with E-state index in [0.29, 0.717) is 20.7 Å². The van der Waals surface area contributed by atoms with E-state index in [1.165, 1.54) is 18.9 Å². The standard InChI is InChI=1S/C29H28N2O4S2/c1-18-12-19(2)14-23(13-18)30-27(32)17-35-24-11-10-21(15-25(24)34-4)16-26-28(33)31(29(36)37-26)20(3)22-8-6-5-7-9-22/h5-16,20H,17H2,1-4H3,(H,30,32)/b26-16-/t20-/m0/s1. The van der Waals surface area contributed by atoms with Crippen molar-refractivity contribution in [2.24, 2.45) is 0 Å². The first-order valence-electron chi connectivity index (χ1n) is 11.8. The van der Waals surface area contributed by atoms with Crippen LogP contribution in [0, 0.1) is 13.8 Å². The molecule has 0 unspecified atom stereocenters. The Balaban J connectivity index is 1.44. The topological polar surface area (TPSA) is 67.9 Å². The molecule has 3 aromatic carbocycles. The average molecular weight is 533 g/mol. The van der Waals surface area contributed by atoms with Crippen molar-refractivity contribution in [1.82, 2.24) is 4.90 Å². The van der Waals surface area contributed by atoms with Gasteiger partial charge >= 0.3 is 0 Å². The molecule has 1 fully saturated rings. The molecule has 1 saturated heterocycles. The lowest BCUT2D eigenvalue weighted by molar-refractivity contribution is -0.123. The lowest BCUT2D eigenvalue weighted by Crippen LogP contribution is -2.30. The molecule has 0 spiro atoms. The van der Waals surface area contributed by atoms with Crippen LogP contribution in [0.4, 0.5) is 5.69 Å². The molecule has 1 atom stereocenters. The van der Waals surface area contributed by atoms with Crippen LogP contribution < -0.4 is 14.8 Å². The van der Waals surface area contributed by atoms with Crippen LogP contribution in [0.25, 0.3) is 6.08 Å². The van der Waals surface area contributed by atoms with E-state index < -0.39 is 0 Å². The fraction of sp³-hybridized carbons (Fsp3) is 0.207. The Hall–Kier alpha value is -3.62. The van der Waals surface area contributed by atoms with Gasteiger partial charge in [-0.3, -0.25) is 14.5 Å². The van der Waals surface area contributed by atoms with Crippen molar-refractivity contribution >= 4 is 51.9 Å². The summed E-state index contributed by atoms with van der Waals surface area (Å²) in [6, 6.07) is 20.8. The molecule has 190 valence electrons. The molecule has 8 heteroatoms. The van der Waals surface area contributed by atoms with E-state index in [9.17, 15) is 9.59 Å². The molecule has 6 nitrogen and oxygen atoms in total. The van der Waals surface area contributed by atoms with Gasteiger partial charge in [-0.05, 0) is 73.4 Å². The minimum atomic E-state index is -0.271. The molecule has 0 aliphatic carbocycles. The number of methoxy groups -OCH3 is 1. The lowest BCUT2D eigenvalue weighted by atomic mass is 10.1. The third-order valence-electron chi connectivity index (χ3n) is 5.84. The lowest BCUT2D eigenvalue weighted by Gasteiger charge is -2.23. The molecular weight excluding hydrogens is 504 g/mol. The molecule has 1 heterocycles. The number of benzene rings is 3. The average Bonchev–Trinajstić information content (AvgIpc) is 3.14. The summed E-state index contributed by atoms with van der Waals surface area (Å²) >= 11 is 6.80. The van der Waals surface area contributed by atoms with Crippen LogP contribution >= 0.6 is 24.0 Å². The van der Waals surface area contributed by atoms with Crippen molar-refractivity contribution < 1.29 is 19.1 Å². The Morgan fingerprint density at radius 3 is 2.43 bits per heavy atom. The SMILES string of the molecule is COc1cc(/C=C2\SC(=S)N([C@@H](C)c3ccccc3)C2=O)ccc1OCC(=O)Nc1cc(C)cc(C)c1. The van der Waals surface area contributed by atoms with Crippen LogP contribution in [0.15, 0.2) is 71.6 Å². The van der Waals surface area contributed by atoms with E-state index in [-0.39, 0.29) is 24.5 Å². The summed E-state index contributed by atoms with van der Waals surface area (Å²) in [7, 11) is 1.53. The van der Waals surface area contributed by atoms with Crippen molar-refractivity contribution in [2.75, 3.05) is 19.0 Å². The quantitative estimate of drug-likeness (QED) is 0.272. The third kappa shape index (κ3) is 6.39. The summed E-state index contributed by atoms with van der Waals surface area (Å²) in [4.78, 5) is 27.8. The Labute approximate surface area is 226 Å². The van der Waals surface area contributed by atoms with Crippen LogP contribution in [0.3, 0.4) is 0 Å². The summed E-state index contributed by atoms with van der Waals surface area (Å²) in [5, 5.41) is 2.85. The zero-order valence-corrected chi connectivity index (χ0v) is 22.7. The molecule has 1 aliphatic heterocycles. The van der Waals surface area contributed by atoms with Gasteiger partial charge in [0.2, 0.25) is 0 Å². The maximum absolute atomic E-state index is 13.2. The van der Waals surface area contributed by atoms with Gasteiger partial charge in [-0.1, -0.05) is 66.4 Å². The Morgan fingerprint density at radius 2 is 1.76 bits per heavy atom. The monoisotopic (exact) mass is 532 g/mol. The number of thioether (sulfide) groups is 1. The number of rotatable bonds is 8. The molecule has 0 bridgehead atoms. The van der Waals surface area contributed by atoms with Gasteiger partial charge in [0.1, 0.15) is 4.32 Å². The summed E-state index contributed by atoms with van der Waals surface area (Å²) in [5.41, 5.74) is 4.65. The van der Waals surface area contributed by atoms with E-state index in [2.05, 4.69) is 5.32 Å². The number of carbonyl (C=O) groups is 2. The molecule has 4 rings (SSSR count). The number of nitrogens with zero attached hydrogens (tertiary/aromatic N) is 1. The zero-order valence-electron chi connectivity index (χ0n) is 21.1. The highest BCUT2D eigenvalue weighted by Gasteiger charge is 2.35. The number of anilines is 1. The third-order valence-corrected chi connectivity index (χ3v) is 7.17. The van der Waals surface area contributed by atoms with Gasteiger partial charge in [0, 0.05) is 5.69 Å². The van der Waals surface area contributed by atoms with Crippen LogP contribution in [0.2, 0.25) is 0 Å². The molecule has 0 saturated carbocycles. The second kappa shape index (κ2) is 11.6. The number of thiocarbonyl (C=S) groups is 1. The van der Waals surface area contributed by atoms with Crippen LogP contribution in [0.1, 0.15) is 35.2 Å². The highest BCUT2D eigenvalue weighted by Crippen LogP contribution is 2.39. The van der Waals surface area contributed by atoms with E-state index >= 15 is 0 Å². The van der Waals surface area contributed by atoms with Crippen molar-refractivity contribution in [2.45, 2.75) is 26.8 Å². The summed E-state index contributed by atoms with van der Waals surface area (Å²) in [5.74, 6) is 0.489. The predicted octanol–water partition coefficient (Wildman–Crippen LogP) is 6.29. The van der Waals surface area contributed by atoms with Gasteiger partial charge < -0.3 is 14.8 Å². The van der Waals surface area contributed by atoms with E-state index in [1.807, 2.05) is 75.4 Å². The number of hydrogen-bond acceptors (Lipinski definition) is 6. The van der Waals surface area contributed by atoms with Gasteiger partial charge in [-0.15, -0.1) is 0 Å². The Kier molecular flexibility index (Phi) is 8.31. The summed E-state index contributed by atoms with van der Waals surface area (Å²) in [6.45, 7) is 5.76. The molecule has 2 amide bonds. The largest absolute Gasteiger partial charge is 0.493 e. The van der Waals surface area contributed by atoms with Crippen molar-refractivity contribution in [3.8, 4) is 11.5 Å². The minimum absolute atomic E-state index is 0.131. The second-order valence-electron chi connectivity index (χ2n) is 8.76. The minimum Gasteiger partial charge on any atom is -0.493 e. The molecule has 1 aliphatic rings. The van der Waals surface area contributed by atoms with Gasteiger partial charge in [-0.2, -0.15) is 0 Å². The van der Waals surface area contributed by atoms with Crippen LogP contribution in [-0.2, 0) is 9.59 Å². The zero-order chi connectivity index (χ0) is 26.5. The van der Waals surface area contributed by atoms with Crippen LogP contribution in [0.5, 0.6) is 11.5 Å². The maximum Gasteiger partial charge on any atom is 0.266 e. The molecule has 37 heavy (non-hydrogen) atoms. The number of aryl methyl sites for hydroxylation is 2. The first kappa shape index (κ1) is 26.4. The van der Waals surface area contributed by atoms with Gasteiger partial charge in [0.25, 0.3) is 11.8 Å². The van der Waals surface area contributed by atoms with E-state index in [0.717, 1.165) is 27.9 Å². The summed E-state index contributed by atoms with van der Waals surface area (Å²) < 4.78 is 11.7. The van der Waals surface area contributed by atoms with Crippen molar-refractivity contribution in [3.63, 3.8) is 0 Å². The fourth-order valence-corrected chi connectivity index (χ4v) is 5.54. The number of amides is 2. The Morgan fingerprint density at radius 1 is 1.05 bits per heavy atom. The fourth-order valence-electron chi connectivity index (χ4n) is 4.13. The van der Waals surface area contributed by atoms with Crippen molar-refractivity contribution in [3.05, 3.63) is 93.9 Å². The van der Waals surface area contributed by atoms with Gasteiger partial charge in [0.15, 0.2) is 18.1 Å². The first-order valence-corrected chi connectivity index (χ1v) is 13.0. The van der Waals surface area contributed by atoms with E-state index in [4.69, 9.17) is 21.7 Å². The molecule has 0 aromatic heterocycles. The molecule has 1 N–H and O–H groups in total. The summed E-state index contributed by atoms with van der Waals surface area (Å²) in [6.07, 6.45) is 1.79. The first-order chi connectivity index (χ1) is 17.7. The maximum atomic E-state index is 13.2. The van der Waals surface area contributed by atoms with Gasteiger partial charge in [0.05, 0.1) is 18.1 Å². The molecule has 3 aromatic rings. The smallest absolute Gasteiger partial charge is 0.266 e.